The summed E-state index contributed by atoms with van der Waals surface area (Å²) in [5.41, 5.74) is 2.38. The van der Waals surface area contributed by atoms with Crippen LogP contribution in [-0.2, 0) is 4.74 Å². The molecule has 0 saturated carbocycles. The highest BCUT2D eigenvalue weighted by atomic mass is 16.5. The van der Waals surface area contributed by atoms with Gasteiger partial charge in [0.15, 0.2) is 0 Å². The number of nitrogens with one attached hydrogen (secondary N) is 1. The van der Waals surface area contributed by atoms with Crippen LogP contribution in [0.15, 0.2) is 18.2 Å². The molecule has 0 spiro atoms. The molecule has 3 nitrogen and oxygen atoms in total. The SMILES string of the molecule is Cc1cc(C2CNC(C)O2)ccc1OC(C)C. The van der Waals surface area contributed by atoms with Crippen LogP contribution < -0.4 is 10.1 Å². The third-order valence-corrected chi connectivity index (χ3v) is 2.89. The van der Waals surface area contributed by atoms with Gasteiger partial charge in [0.1, 0.15) is 12.0 Å². The van der Waals surface area contributed by atoms with E-state index in [4.69, 9.17) is 9.47 Å². The van der Waals surface area contributed by atoms with Crippen molar-refractivity contribution in [3.8, 4) is 5.75 Å². The summed E-state index contributed by atoms with van der Waals surface area (Å²) in [6.07, 6.45) is 0.521. The first-order valence-corrected chi connectivity index (χ1v) is 6.22. The summed E-state index contributed by atoms with van der Waals surface area (Å²) in [5.74, 6) is 0.961. The molecule has 1 aliphatic rings. The van der Waals surface area contributed by atoms with E-state index in [0.717, 1.165) is 12.3 Å². The monoisotopic (exact) mass is 235 g/mol. The second-order valence-corrected chi connectivity index (χ2v) is 4.87. The predicted octanol–water partition coefficient (Wildman–Crippen LogP) is 2.79. The summed E-state index contributed by atoms with van der Waals surface area (Å²) in [4.78, 5) is 0. The van der Waals surface area contributed by atoms with Crippen LogP contribution in [-0.4, -0.2) is 18.9 Å². The number of rotatable bonds is 3. The fourth-order valence-corrected chi connectivity index (χ4v) is 2.07. The number of aryl methyl sites for hydroxylation is 1. The Bertz CT molecular complexity index is 390. The number of hydrogen-bond acceptors (Lipinski definition) is 3. The molecule has 0 amide bonds. The lowest BCUT2D eigenvalue weighted by Crippen LogP contribution is -2.17. The highest BCUT2D eigenvalue weighted by Crippen LogP contribution is 2.27. The predicted molar refractivity (Wildman–Crippen MR) is 68.2 cm³/mol. The van der Waals surface area contributed by atoms with Crippen LogP contribution >= 0.6 is 0 Å². The largest absolute Gasteiger partial charge is 0.491 e. The quantitative estimate of drug-likeness (QED) is 0.874. The van der Waals surface area contributed by atoms with Gasteiger partial charge in [0.25, 0.3) is 0 Å². The Hall–Kier alpha value is -1.06. The topological polar surface area (TPSA) is 30.5 Å². The van der Waals surface area contributed by atoms with Gasteiger partial charge in [0, 0.05) is 6.54 Å². The maximum atomic E-state index is 5.77. The molecular weight excluding hydrogens is 214 g/mol. The minimum Gasteiger partial charge on any atom is -0.491 e. The molecule has 1 N–H and O–H groups in total. The average molecular weight is 235 g/mol. The van der Waals surface area contributed by atoms with Crippen molar-refractivity contribution in [1.82, 2.24) is 5.32 Å². The Morgan fingerprint density at radius 3 is 2.71 bits per heavy atom. The van der Waals surface area contributed by atoms with Crippen LogP contribution in [0.2, 0.25) is 0 Å². The molecule has 3 heteroatoms. The van der Waals surface area contributed by atoms with Crippen LogP contribution in [0.25, 0.3) is 0 Å². The highest BCUT2D eigenvalue weighted by Gasteiger charge is 2.22. The van der Waals surface area contributed by atoms with E-state index in [1.54, 1.807) is 0 Å². The van der Waals surface area contributed by atoms with Crippen LogP contribution in [0.1, 0.15) is 38.0 Å². The fraction of sp³-hybridized carbons (Fsp3) is 0.571. The first kappa shape index (κ1) is 12.4. The first-order chi connectivity index (χ1) is 8.06. The number of ether oxygens (including phenoxy) is 2. The minimum atomic E-state index is 0.145. The van der Waals surface area contributed by atoms with E-state index in [1.807, 2.05) is 26.8 Å². The highest BCUT2D eigenvalue weighted by molar-refractivity contribution is 5.37. The van der Waals surface area contributed by atoms with Gasteiger partial charge in [-0.05, 0) is 51.0 Å². The van der Waals surface area contributed by atoms with Gasteiger partial charge >= 0.3 is 0 Å². The van der Waals surface area contributed by atoms with Gasteiger partial charge in [-0.15, -0.1) is 0 Å². The van der Waals surface area contributed by atoms with E-state index in [-0.39, 0.29) is 18.4 Å². The van der Waals surface area contributed by atoms with Crippen molar-refractivity contribution >= 4 is 0 Å². The van der Waals surface area contributed by atoms with Gasteiger partial charge in [0.05, 0.1) is 12.2 Å². The van der Waals surface area contributed by atoms with Crippen molar-refractivity contribution < 1.29 is 9.47 Å². The van der Waals surface area contributed by atoms with E-state index in [1.165, 1.54) is 11.1 Å². The van der Waals surface area contributed by atoms with Gasteiger partial charge in [-0.1, -0.05) is 6.07 Å². The van der Waals surface area contributed by atoms with Gasteiger partial charge < -0.3 is 9.47 Å². The van der Waals surface area contributed by atoms with Gasteiger partial charge in [-0.2, -0.15) is 0 Å². The van der Waals surface area contributed by atoms with Crippen LogP contribution in [0.5, 0.6) is 5.75 Å². The zero-order valence-corrected chi connectivity index (χ0v) is 11.0. The molecule has 1 aliphatic heterocycles. The molecule has 0 bridgehead atoms. The van der Waals surface area contributed by atoms with Crippen molar-refractivity contribution in [2.75, 3.05) is 6.54 Å². The van der Waals surface area contributed by atoms with Crippen molar-refractivity contribution in [2.24, 2.45) is 0 Å². The summed E-state index contributed by atoms with van der Waals surface area (Å²) in [5, 5.41) is 3.28. The van der Waals surface area contributed by atoms with Crippen molar-refractivity contribution in [1.29, 1.82) is 0 Å². The second kappa shape index (κ2) is 5.07. The maximum absolute atomic E-state index is 5.77. The summed E-state index contributed by atoms with van der Waals surface area (Å²) < 4.78 is 11.5. The van der Waals surface area contributed by atoms with E-state index in [9.17, 15) is 0 Å². The van der Waals surface area contributed by atoms with Gasteiger partial charge in [0.2, 0.25) is 0 Å². The van der Waals surface area contributed by atoms with Gasteiger partial charge in [-0.3, -0.25) is 5.32 Å². The van der Waals surface area contributed by atoms with Crippen LogP contribution in [0.3, 0.4) is 0 Å². The van der Waals surface area contributed by atoms with E-state index >= 15 is 0 Å². The minimum absolute atomic E-state index is 0.145. The zero-order valence-electron chi connectivity index (χ0n) is 11.0. The zero-order chi connectivity index (χ0) is 12.4. The molecule has 1 fully saturated rings. The van der Waals surface area contributed by atoms with Crippen molar-refractivity contribution in [3.05, 3.63) is 29.3 Å². The lowest BCUT2D eigenvalue weighted by atomic mass is 10.1. The molecule has 1 aromatic carbocycles. The standard InChI is InChI=1S/C14H21NO2/c1-9(2)16-13-6-5-12(7-10(13)3)14-8-15-11(4)17-14/h5-7,9,11,14-15H,8H2,1-4H3. The Morgan fingerprint density at radius 1 is 1.41 bits per heavy atom. The molecule has 2 unspecified atom stereocenters. The molecule has 1 heterocycles. The average Bonchev–Trinajstić information content (AvgIpc) is 2.67. The Balaban J connectivity index is 2.13. The molecular formula is C14H21NO2. The van der Waals surface area contributed by atoms with Gasteiger partial charge in [-0.25, -0.2) is 0 Å². The summed E-state index contributed by atoms with van der Waals surface area (Å²) in [7, 11) is 0. The smallest absolute Gasteiger partial charge is 0.122 e. The molecule has 1 saturated heterocycles. The molecule has 94 valence electrons. The molecule has 2 rings (SSSR count). The number of hydrogen-bond donors (Lipinski definition) is 1. The van der Waals surface area contributed by atoms with Crippen LogP contribution in [0, 0.1) is 6.92 Å². The molecule has 0 radical (unpaired) electrons. The number of benzene rings is 1. The summed E-state index contributed by atoms with van der Waals surface area (Å²) in [6, 6.07) is 6.29. The van der Waals surface area contributed by atoms with E-state index in [0.29, 0.717) is 0 Å². The second-order valence-electron chi connectivity index (χ2n) is 4.87. The third-order valence-electron chi connectivity index (χ3n) is 2.89. The molecule has 1 aromatic rings. The molecule has 2 atom stereocenters. The first-order valence-electron chi connectivity index (χ1n) is 6.22. The third kappa shape index (κ3) is 2.99. The fourth-order valence-electron chi connectivity index (χ4n) is 2.07. The van der Waals surface area contributed by atoms with Crippen molar-refractivity contribution in [3.63, 3.8) is 0 Å². The summed E-state index contributed by atoms with van der Waals surface area (Å²) >= 11 is 0. The molecule has 0 aliphatic carbocycles. The Morgan fingerprint density at radius 2 is 2.18 bits per heavy atom. The van der Waals surface area contributed by atoms with Crippen LogP contribution in [0.4, 0.5) is 0 Å². The molecule has 0 aromatic heterocycles. The lowest BCUT2D eigenvalue weighted by Gasteiger charge is -2.15. The van der Waals surface area contributed by atoms with Crippen molar-refractivity contribution in [2.45, 2.75) is 46.1 Å². The lowest BCUT2D eigenvalue weighted by molar-refractivity contribution is 0.0528. The maximum Gasteiger partial charge on any atom is 0.122 e. The molecule has 17 heavy (non-hydrogen) atoms. The summed E-state index contributed by atoms with van der Waals surface area (Å²) in [6.45, 7) is 9.07. The normalized spacial score (nSPS) is 24.3. The van der Waals surface area contributed by atoms with E-state index in [2.05, 4.69) is 24.4 Å². The Labute approximate surface area is 103 Å². The Kier molecular flexibility index (Phi) is 3.69. The van der Waals surface area contributed by atoms with E-state index < -0.39 is 0 Å².